The molecule has 2 heterocycles. The second kappa shape index (κ2) is 5.91. The molecule has 126 valence electrons. The molecule has 4 heteroatoms. The molecule has 1 aromatic carbocycles. The van der Waals surface area contributed by atoms with E-state index in [2.05, 4.69) is 39.9 Å². The molecule has 4 unspecified atom stereocenters. The Hall–Kier alpha value is -1.84. The van der Waals surface area contributed by atoms with Gasteiger partial charge in [-0.2, -0.15) is 0 Å². The summed E-state index contributed by atoms with van der Waals surface area (Å²) in [5.74, 6) is 2.32. The molecule has 24 heavy (non-hydrogen) atoms. The molecule has 3 N–H and O–H groups in total. The fourth-order valence-electron chi connectivity index (χ4n) is 4.82. The Balaban J connectivity index is 1.33. The van der Waals surface area contributed by atoms with Gasteiger partial charge in [-0.15, -0.1) is 0 Å². The molecule has 0 aromatic heterocycles. The summed E-state index contributed by atoms with van der Waals surface area (Å²) in [5.41, 5.74) is 2.49. The number of fused-ring (bicyclic) bond motifs is 2. The van der Waals surface area contributed by atoms with Gasteiger partial charge in [0.05, 0.1) is 11.6 Å². The van der Waals surface area contributed by atoms with Crippen LogP contribution in [0.15, 0.2) is 29.3 Å². The number of nitrogens with zero attached hydrogens (tertiary/aromatic N) is 1. The maximum Gasteiger partial charge on any atom is 0.275 e. The second-order valence-corrected chi connectivity index (χ2v) is 7.82. The Morgan fingerprint density at radius 2 is 1.50 bits per heavy atom. The molecule has 5 rings (SSSR count). The quantitative estimate of drug-likeness (QED) is 0.763. The third-order valence-corrected chi connectivity index (χ3v) is 6.22. The van der Waals surface area contributed by atoms with Gasteiger partial charge in [0.25, 0.3) is 5.84 Å². The predicted molar refractivity (Wildman–Crippen MR) is 96.4 cm³/mol. The first-order valence-electron chi connectivity index (χ1n) is 9.72. The lowest BCUT2D eigenvalue weighted by Crippen LogP contribution is -2.78. The summed E-state index contributed by atoms with van der Waals surface area (Å²) in [6.07, 6.45) is 10.5. The van der Waals surface area contributed by atoms with Gasteiger partial charge in [-0.25, -0.2) is 0 Å². The van der Waals surface area contributed by atoms with Crippen LogP contribution in [0.2, 0.25) is 0 Å². The summed E-state index contributed by atoms with van der Waals surface area (Å²) < 4.78 is 0. The van der Waals surface area contributed by atoms with E-state index in [4.69, 9.17) is 4.99 Å². The lowest BCUT2D eigenvalue weighted by Gasteiger charge is -2.23. The van der Waals surface area contributed by atoms with Crippen LogP contribution < -0.4 is 15.6 Å². The van der Waals surface area contributed by atoms with E-state index in [0.29, 0.717) is 24.2 Å². The van der Waals surface area contributed by atoms with Crippen LogP contribution in [0.3, 0.4) is 0 Å². The van der Waals surface area contributed by atoms with Crippen molar-refractivity contribution in [1.82, 2.24) is 10.6 Å². The summed E-state index contributed by atoms with van der Waals surface area (Å²) in [5, 5.41) is 7.35. The van der Waals surface area contributed by atoms with Crippen molar-refractivity contribution in [3.8, 4) is 0 Å². The zero-order valence-corrected chi connectivity index (χ0v) is 14.2. The van der Waals surface area contributed by atoms with Gasteiger partial charge in [0.1, 0.15) is 17.9 Å². The molecule has 0 saturated heterocycles. The fourth-order valence-corrected chi connectivity index (χ4v) is 4.82. The number of rotatable bonds is 2. The highest BCUT2D eigenvalue weighted by Gasteiger charge is 2.37. The molecule has 4 atom stereocenters. The van der Waals surface area contributed by atoms with E-state index in [-0.39, 0.29) is 0 Å². The van der Waals surface area contributed by atoms with Gasteiger partial charge in [-0.1, -0.05) is 25.0 Å². The van der Waals surface area contributed by atoms with Crippen LogP contribution >= 0.6 is 0 Å². The summed E-state index contributed by atoms with van der Waals surface area (Å²) >= 11 is 0. The van der Waals surface area contributed by atoms with Crippen molar-refractivity contribution >= 4 is 11.7 Å². The molecule has 0 radical (unpaired) electrons. The van der Waals surface area contributed by atoms with E-state index in [1.54, 1.807) is 0 Å². The van der Waals surface area contributed by atoms with Gasteiger partial charge < -0.3 is 5.32 Å². The Kier molecular flexibility index (Phi) is 3.57. The van der Waals surface area contributed by atoms with Gasteiger partial charge >= 0.3 is 0 Å². The third-order valence-electron chi connectivity index (χ3n) is 6.22. The molecular weight excluding hydrogens is 296 g/mol. The average Bonchev–Trinajstić information content (AvgIpc) is 3.25. The van der Waals surface area contributed by atoms with Crippen molar-refractivity contribution in [2.24, 2.45) is 4.99 Å². The average molecular weight is 323 g/mol. The van der Waals surface area contributed by atoms with Crippen LogP contribution in [0.4, 0.5) is 0 Å². The van der Waals surface area contributed by atoms with Gasteiger partial charge in [-0.3, -0.25) is 15.3 Å². The number of amidine groups is 2. The van der Waals surface area contributed by atoms with E-state index >= 15 is 0 Å². The standard InChI is InChI=1S/C20H26N4/c1-2-6-16-15(5-1)21-19(22-16)13-9-11-14(12-10-13)20-23-17-7-3-4-8-18(17)24-20/h9-12,15-18H,1-8H2,(H,21,22)(H,23,24)/p+1. The van der Waals surface area contributed by atoms with Gasteiger partial charge in [0.15, 0.2) is 0 Å². The Morgan fingerprint density at radius 3 is 2.29 bits per heavy atom. The first kappa shape index (κ1) is 14.5. The molecular formula is C20H27N4+. The van der Waals surface area contributed by atoms with Crippen molar-refractivity contribution in [3.05, 3.63) is 35.4 Å². The maximum absolute atomic E-state index is 4.93. The molecule has 4 aliphatic rings. The monoisotopic (exact) mass is 323 g/mol. The maximum atomic E-state index is 4.93. The summed E-state index contributed by atoms with van der Waals surface area (Å²) in [6, 6.07) is 11.2. The van der Waals surface area contributed by atoms with Crippen molar-refractivity contribution in [1.29, 1.82) is 0 Å². The van der Waals surface area contributed by atoms with Crippen LogP contribution in [0, 0.1) is 0 Å². The van der Waals surface area contributed by atoms with Crippen LogP contribution in [0.5, 0.6) is 0 Å². The molecule has 0 spiro atoms. The van der Waals surface area contributed by atoms with E-state index in [1.807, 2.05) is 0 Å². The minimum absolute atomic E-state index is 0.504. The molecule has 2 saturated carbocycles. The molecule has 0 bridgehead atoms. The van der Waals surface area contributed by atoms with E-state index in [0.717, 1.165) is 5.84 Å². The normalized spacial score (nSPS) is 34.5. The van der Waals surface area contributed by atoms with Crippen molar-refractivity contribution < 1.29 is 4.99 Å². The lowest BCUT2D eigenvalue weighted by atomic mass is 9.92. The minimum atomic E-state index is 0.504. The molecule has 2 aliphatic heterocycles. The third kappa shape index (κ3) is 2.52. The molecule has 2 aliphatic carbocycles. The van der Waals surface area contributed by atoms with E-state index < -0.39 is 0 Å². The molecule has 4 nitrogen and oxygen atoms in total. The largest absolute Gasteiger partial charge is 0.365 e. The SMILES string of the molecule is c1cc(C2=[NH+]C3CCCCC3N2)ccc1C1=NC2CCCCC2N1. The highest BCUT2D eigenvalue weighted by Crippen LogP contribution is 2.26. The van der Waals surface area contributed by atoms with E-state index in [1.165, 1.54) is 68.3 Å². The lowest BCUT2D eigenvalue weighted by molar-refractivity contribution is -0.498. The fraction of sp³-hybridized carbons (Fsp3) is 0.600. The highest BCUT2D eigenvalue weighted by molar-refractivity contribution is 6.02. The topological polar surface area (TPSA) is 50.4 Å². The van der Waals surface area contributed by atoms with Crippen LogP contribution in [-0.4, -0.2) is 35.8 Å². The number of hydrogen-bond donors (Lipinski definition) is 3. The summed E-state index contributed by atoms with van der Waals surface area (Å²) in [7, 11) is 0. The molecule has 1 aromatic rings. The number of benzene rings is 1. The van der Waals surface area contributed by atoms with Crippen molar-refractivity contribution in [2.75, 3.05) is 0 Å². The first-order valence-corrected chi connectivity index (χ1v) is 9.72. The number of hydrogen-bond acceptors (Lipinski definition) is 3. The minimum Gasteiger partial charge on any atom is -0.365 e. The number of aliphatic imine (C=N–C) groups is 1. The van der Waals surface area contributed by atoms with Gasteiger partial charge in [0, 0.05) is 11.6 Å². The number of nitrogens with one attached hydrogen (secondary N) is 3. The Morgan fingerprint density at radius 1 is 0.792 bits per heavy atom. The van der Waals surface area contributed by atoms with Gasteiger partial charge in [-0.05, 0) is 50.7 Å². The van der Waals surface area contributed by atoms with Crippen molar-refractivity contribution in [2.45, 2.75) is 75.5 Å². The smallest absolute Gasteiger partial charge is 0.275 e. The zero-order chi connectivity index (χ0) is 15.9. The second-order valence-electron chi connectivity index (χ2n) is 7.82. The zero-order valence-electron chi connectivity index (χ0n) is 14.2. The Labute approximate surface area is 143 Å². The first-order chi connectivity index (χ1) is 11.9. The van der Waals surface area contributed by atoms with Crippen LogP contribution in [0.25, 0.3) is 0 Å². The summed E-state index contributed by atoms with van der Waals surface area (Å²) in [6.45, 7) is 0. The molecule has 0 amide bonds. The summed E-state index contributed by atoms with van der Waals surface area (Å²) in [4.78, 5) is 8.63. The van der Waals surface area contributed by atoms with Crippen LogP contribution in [-0.2, 0) is 0 Å². The molecule has 2 fully saturated rings. The van der Waals surface area contributed by atoms with Crippen LogP contribution in [0.1, 0.15) is 62.5 Å². The predicted octanol–water partition coefficient (Wildman–Crippen LogP) is 1.09. The highest BCUT2D eigenvalue weighted by atomic mass is 15.1. The van der Waals surface area contributed by atoms with Crippen molar-refractivity contribution in [3.63, 3.8) is 0 Å². The van der Waals surface area contributed by atoms with Gasteiger partial charge in [0.2, 0.25) is 0 Å². The Bertz CT molecular complexity index is 616. The van der Waals surface area contributed by atoms with E-state index in [9.17, 15) is 0 Å².